The molecule has 0 radical (unpaired) electrons. The molecule has 2 aromatic rings. The number of aliphatic carboxylic acids is 1. The smallest absolute Gasteiger partial charge is 0.373 e. The number of Topliss-reactive ketones (excluding diaryl/α,β-unsaturated/α-hetero) is 1. The number of carbonyl (C=O) groups is 2. The Balaban J connectivity index is 2.12. The summed E-state index contributed by atoms with van der Waals surface area (Å²) >= 11 is 0.820. The van der Waals surface area contributed by atoms with Crippen LogP contribution in [0.1, 0.15) is 35.4 Å². The van der Waals surface area contributed by atoms with Gasteiger partial charge in [-0.1, -0.05) is 36.0 Å². The number of aromatic nitrogens is 1. The molecule has 1 aliphatic carbocycles. The number of carboxylic acid groups (broad SMARTS) is 1. The van der Waals surface area contributed by atoms with E-state index in [0.29, 0.717) is 17.0 Å². The minimum Gasteiger partial charge on any atom is -0.475 e. The van der Waals surface area contributed by atoms with Crippen molar-refractivity contribution in [3.63, 3.8) is 0 Å². The van der Waals surface area contributed by atoms with Crippen LogP contribution in [0.5, 0.6) is 0 Å². The molecule has 1 heterocycles. The molecule has 1 aliphatic rings. The molecule has 3 rings (SSSR count). The van der Waals surface area contributed by atoms with Gasteiger partial charge in [-0.2, -0.15) is 10.5 Å². The van der Waals surface area contributed by atoms with E-state index < -0.39 is 11.8 Å². The standard InChI is InChI=1S/C19H14N4O3S/c20-7-13-16(12-3-1-2-11(6-12)10-4-5-10)14(8-21)18(23-17(13)22)27-9-15(24)19(25)26/h1-3,6,10H,4-5,9H2,(H2,22,23)(H,25,26). The van der Waals surface area contributed by atoms with Crippen LogP contribution in [0.4, 0.5) is 5.82 Å². The van der Waals surface area contributed by atoms with Crippen LogP contribution in [0.25, 0.3) is 11.1 Å². The first-order valence-electron chi connectivity index (χ1n) is 8.09. The van der Waals surface area contributed by atoms with Gasteiger partial charge >= 0.3 is 5.97 Å². The molecule has 1 fully saturated rings. The Morgan fingerprint density at radius 2 is 1.96 bits per heavy atom. The number of nitrogens with zero attached hydrogens (tertiary/aromatic N) is 3. The van der Waals surface area contributed by atoms with Crippen LogP contribution in [-0.2, 0) is 9.59 Å². The number of hydrogen-bond donors (Lipinski definition) is 2. The highest BCUT2D eigenvalue weighted by Crippen LogP contribution is 2.42. The molecule has 7 nitrogen and oxygen atoms in total. The zero-order valence-corrected chi connectivity index (χ0v) is 14.9. The summed E-state index contributed by atoms with van der Waals surface area (Å²) in [5, 5.41) is 28.1. The Hall–Kier alpha value is -3.36. The minimum atomic E-state index is -1.56. The molecule has 0 saturated heterocycles. The minimum absolute atomic E-state index is 0.0615. The molecule has 3 N–H and O–H groups in total. The molecule has 134 valence electrons. The second-order valence-electron chi connectivity index (χ2n) is 6.07. The number of rotatable bonds is 6. The highest BCUT2D eigenvalue weighted by atomic mass is 32.2. The Morgan fingerprint density at radius 1 is 1.26 bits per heavy atom. The summed E-state index contributed by atoms with van der Waals surface area (Å²) in [6.07, 6.45) is 2.22. The Morgan fingerprint density at radius 3 is 2.56 bits per heavy atom. The quantitative estimate of drug-likeness (QED) is 0.577. The average Bonchev–Trinajstić information content (AvgIpc) is 3.50. The second kappa shape index (κ2) is 7.48. The van der Waals surface area contributed by atoms with E-state index in [1.165, 1.54) is 0 Å². The lowest BCUT2D eigenvalue weighted by Crippen LogP contribution is -2.15. The summed E-state index contributed by atoms with van der Waals surface area (Å²) < 4.78 is 0. The number of anilines is 1. The van der Waals surface area contributed by atoms with E-state index in [1.54, 1.807) is 6.07 Å². The van der Waals surface area contributed by atoms with Gasteiger partial charge in [0.05, 0.1) is 11.3 Å². The number of thioether (sulfide) groups is 1. The van der Waals surface area contributed by atoms with Crippen molar-refractivity contribution in [2.75, 3.05) is 11.5 Å². The number of pyridine rings is 1. The predicted octanol–water partition coefficient (Wildman–Crippen LogP) is 2.70. The van der Waals surface area contributed by atoms with Gasteiger partial charge in [-0.15, -0.1) is 0 Å². The van der Waals surface area contributed by atoms with E-state index in [4.69, 9.17) is 10.8 Å². The Kier molecular flexibility index (Phi) is 5.11. The zero-order chi connectivity index (χ0) is 19.6. The molecule has 1 saturated carbocycles. The molecule has 0 atom stereocenters. The first-order valence-corrected chi connectivity index (χ1v) is 9.07. The van der Waals surface area contributed by atoms with Crippen molar-refractivity contribution in [1.82, 2.24) is 4.98 Å². The Bertz CT molecular complexity index is 1030. The van der Waals surface area contributed by atoms with Gasteiger partial charge in [0, 0.05) is 5.56 Å². The summed E-state index contributed by atoms with van der Waals surface area (Å²) in [5.41, 5.74) is 8.28. The van der Waals surface area contributed by atoms with E-state index in [1.807, 2.05) is 30.3 Å². The van der Waals surface area contributed by atoms with Crippen LogP contribution < -0.4 is 5.73 Å². The first-order chi connectivity index (χ1) is 13.0. The molecule has 0 bridgehead atoms. The molecule has 27 heavy (non-hydrogen) atoms. The van der Waals surface area contributed by atoms with Crippen molar-refractivity contribution in [1.29, 1.82) is 10.5 Å². The molecule has 1 aromatic carbocycles. The van der Waals surface area contributed by atoms with Crippen LogP contribution in [0.15, 0.2) is 29.3 Å². The largest absolute Gasteiger partial charge is 0.475 e. The molecule has 8 heteroatoms. The van der Waals surface area contributed by atoms with Gasteiger partial charge in [0.15, 0.2) is 0 Å². The molecule has 0 aliphatic heterocycles. The third-order valence-corrected chi connectivity index (χ3v) is 5.19. The van der Waals surface area contributed by atoms with E-state index in [9.17, 15) is 20.1 Å². The Labute approximate surface area is 159 Å². The predicted molar refractivity (Wildman–Crippen MR) is 98.9 cm³/mol. The fourth-order valence-corrected chi connectivity index (χ4v) is 3.60. The van der Waals surface area contributed by atoms with Crippen molar-refractivity contribution in [2.24, 2.45) is 0 Å². The van der Waals surface area contributed by atoms with Crippen LogP contribution >= 0.6 is 11.8 Å². The normalized spacial score (nSPS) is 12.8. The third kappa shape index (κ3) is 3.76. The van der Waals surface area contributed by atoms with E-state index in [-0.39, 0.29) is 27.7 Å². The van der Waals surface area contributed by atoms with Crippen LogP contribution in [0.3, 0.4) is 0 Å². The van der Waals surface area contributed by atoms with Crippen molar-refractivity contribution < 1.29 is 14.7 Å². The molecule has 0 spiro atoms. The number of nitrogen functional groups attached to an aromatic ring is 1. The van der Waals surface area contributed by atoms with E-state index in [0.717, 1.165) is 30.2 Å². The molecular weight excluding hydrogens is 364 g/mol. The lowest BCUT2D eigenvalue weighted by atomic mass is 9.94. The van der Waals surface area contributed by atoms with Crippen LogP contribution in [-0.4, -0.2) is 27.6 Å². The number of hydrogen-bond acceptors (Lipinski definition) is 7. The van der Waals surface area contributed by atoms with Gasteiger partial charge in [0.25, 0.3) is 0 Å². The van der Waals surface area contributed by atoms with E-state index >= 15 is 0 Å². The van der Waals surface area contributed by atoms with Gasteiger partial charge in [-0.25, -0.2) is 9.78 Å². The van der Waals surface area contributed by atoms with Crippen molar-refractivity contribution in [3.8, 4) is 23.3 Å². The maximum Gasteiger partial charge on any atom is 0.373 e. The monoisotopic (exact) mass is 378 g/mol. The number of carbonyl (C=O) groups excluding carboxylic acids is 1. The van der Waals surface area contributed by atoms with E-state index in [2.05, 4.69) is 4.98 Å². The maximum absolute atomic E-state index is 11.4. The highest BCUT2D eigenvalue weighted by Gasteiger charge is 2.26. The summed E-state index contributed by atoms with van der Waals surface area (Å²) in [4.78, 5) is 26.2. The average molecular weight is 378 g/mol. The van der Waals surface area contributed by atoms with Gasteiger partial charge in [0.1, 0.15) is 28.5 Å². The fourth-order valence-electron chi connectivity index (χ4n) is 2.75. The van der Waals surface area contributed by atoms with Gasteiger partial charge in [-0.05, 0) is 29.9 Å². The third-order valence-electron chi connectivity index (χ3n) is 4.22. The summed E-state index contributed by atoms with van der Waals surface area (Å²) in [6.45, 7) is 0. The fraction of sp³-hybridized carbons (Fsp3) is 0.211. The van der Waals surface area contributed by atoms with Crippen molar-refractivity contribution in [3.05, 3.63) is 41.0 Å². The molecule has 1 aromatic heterocycles. The lowest BCUT2D eigenvalue weighted by molar-refractivity contribution is -0.147. The lowest BCUT2D eigenvalue weighted by Gasteiger charge is -2.13. The number of nitriles is 2. The van der Waals surface area contributed by atoms with Gasteiger partial charge in [-0.3, -0.25) is 4.79 Å². The van der Waals surface area contributed by atoms with Gasteiger partial charge in [0.2, 0.25) is 5.78 Å². The first kappa shape index (κ1) is 18.4. The number of ketones is 1. The molecule has 0 amide bonds. The summed E-state index contributed by atoms with van der Waals surface area (Å²) in [6, 6.07) is 11.6. The molecule has 0 unspecified atom stereocenters. The maximum atomic E-state index is 11.4. The zero-order valence-electron chi connectivity index (χ0n) is 14.1. The summed E-state index contributed by atoms with van der Waals surface area (Å²) in [5.74, 6) is -2.52. The topological polar surface area (TPSA) is 141 Å². The number of benzene rings is 1. The number of carboxylic acids is 1. The second-order valence-corrected chi connectivity index (χ2v) is 7.03. The van der Waals surface area contributed by atoms with Gasteiger partial charge < -0.3 is 10.8 Å². The van der Waals surface area contributed by atoms with Crippen molar-refractivity contribution in [2.45, 2.75) is 23.8 Å². The summed E-state index contributed by atoms with van der Waals surface area (Å²) in [7, 11) is 0. The highest BCUT2D eigenvalue weighted by molar-refractivity contribution is 8.00. The number of nitrogens with two attached hydrogens (primary N) is 1. The van der Waals surface area contributed by atoms with Crippen molar-refractivity contribution >= 4 is 29.3 Å². The van der Waals surface area contributed by atoms with Crippen LogP contribution in [0, 0.1) is 22.7 Å². The molecular formula is C19H14N4O3S. The SMILES string of the molecule is N#Cc1c(N)nc(SCC(=O)C(=O)O)c(C#N)c1-c1cccc(C2CC2)c1. The van der Waals surface area contributed by atoms with Crippen LogP contribution in [0.2, 0.25) is 0 Å².